The van der Waals surface area contributed by atoms with Crippen molar-refractivity contribution >= 4 is 32.6 Å². The van der Waals surface area contributed by atoms with Gasteiger partial charge in [0.25, 0.3) is 0 Å². The lowest BCUT2D eigenvalue weighted by atomic mass is 10.1. The molecule has 138 valence electrons. The zero-order valence-corrected chi connectivity index (χ0v) is 14.0. The van der Waals surface area contributed by atoms with E-state index in [1.54, 1.807) is 0 Å². The molecule has 1 fully saturated rings. The maximum absolute atomic E-state index is 11.2. The van der Waals surface area contributed by atoms with Crippen molar-refractivity contribution < 1.29 is 42.5 Å². The van der Waals surface area contributed by atoms with E-state index in [0.717, 1.165) is 0 Å². The zero-order chi connectivity index (χ0) is 18.4. The first-order chi connectivity index (χ1) is 11.6. The molecule has 0 bridgehead atoms. The normalized spacial score (nSPS) is 24.4. The summed E-state index contributed by atoms with van der Waals surface area (Å²) in [4.78, 5) is 47.2. The summed E-state index contributed by atoms with van der Waals surface area (Å²) < 4.78 is 37.6. The van der Waals surface area contributed by atoms with E-state index < -0.39 is 40.7 Å². The smallest absolute Gasteiger partial charge is 0.382 e. The van der Waals surface area contributed by atoms with Crippen molar-refractivity contribution in [1.82, 2.24) is 19.5 Å². The lowest BCUT2D eigenvalue weighted by Gasteiger charge is -2.43. The molecule has 0 aromatic carbocycles. The maximum atomic E-state index is 11.2. The lowest BCUT2D eigenvalue weighted by Crippen LogP contribution is -2.53. The Balaban J connectivity index is 1.86. The zero-order valence-electron chi connectivity index (χ0n) is 12.2. The standard InChI is InChI=1S/C9H13N5O9P2/c10-7-5-8(12-2-11-7)14(3-13-5)9-6(23-25(18,19)20)4(22-9)1-21-24(15,16)17/h2-4,6,9H,1H2,(H2,10,11,12)(H2,15,16,17)(H2,18,19,20). The minimum atomic E-state index is -4.92. The van der Waals surface area contributed by atoms with E-state index in [0.29, 0.717) is 0 Å². The number of aromatic nitrogens is 4. The van der Waals surface area contributed by atoms with Gasteiger partial charge in [0.15, 0.2) is 17.7 Å². The molecule has 0 spiro atoms. The third-order valence-electron chi connectivity index (χ3n) is 3.29. The molecule has 6 N–H and O–H groups in total. The monoisotopic (exact) mass is 397 g/mol. The van der Waals surface area contributed by atoms with E-state index in [-0.39, 0.29) is 17.0 Å². The Morgan fingerprint density at radius 2 is 1.92 bits per heavy atom. The molecular formula is C9H13N5O9P2. The first-order valence-corrected chi connectivity index (χ1v) is 9.64. The van der Waals surface area contributed by atoms with Crippen LogP contribution in [0.1, 0.15) is 6.23 Å². The Morgan fingerprint density at radius 1 is 1.20 bits per heavy atom. The van der Waals surface area contributed by atoms with Crippen LogP contribution in [0.3, 0.4) is 0 Å². The highest BCUT2D eigenvalue weighted by molar-refractivity contribution is 7.46. The van der Waals surface area contributed by atoms with Crippen LogP contribution in [0.2, 0.25) is 0 Å². The molecule has 1 aliphatic rings. The number of ether oxygens (including phenoxy) is 1. The number of hydrogen-bond donors (Lipinski definition) is 5. The van der Waals surface area contributed by atoms with E-state index in [9.17, 15) is 9.13 Å². The van der Waals surface area contributed by atoms with Crippen molar-refractivity contribution in [3.8, 4) is 0 Å². The molecule has 16 heteroatoms. The van der Waals surface area contributed by atoms with Crippen molar-refractivity contribution in [2.75, 3.05) is 12.3 Å². The minimum Gasteiger partial charge on any atom is -0.382 e. The van der Waals surface area contributed by atoms with Crippen LogP contribution in [0, 0.1) is 0 Å². The summed E-state index contributed by atoms with van der Waals surface area (Å²) in [6.07, 6.45) is -1.06. The number of hydrogen-bond acceptors (Lipinski definition) is 9. The van der Waals surface area contributed by atoms with Gasteiger partial charge in [-0.2, -0.15) is 0 Å². The van der Waals surface area contributed by atoms with Crippen LogP contribution in [0.5, 0.6) is 0 Å². The number of anilines is 1. The molecule has 0 radical (unpaired) electrons. The molecule has 14 nitrogen and oxygen atoms in total. The third-order valence-corrected chi connectivity index (χ3v) is 4.29. The highest BCUT2D eigenvalue weighted by Crippen LogP contribution is 2.48. The molecule has 0 amide bonds. The first-order valence-electron chi connectivity index (χ1n) is 6.58. The van der Waals surface area contributed by atoms with Gasteiger partial charge in [0.1, 0.15) is 24.1 Å². The predicted octanol–water partition coefficient (Wildman–Crippen LogP) is -1.11. The Labute approximate surface area is 139 Å². The number of fused-ring (bicyclic) bond motifs is 1. The number of nitrogen functional groups attached to an aromatic ring is 1. The topological polar surface area (TPSA) is 212 Å². The molecule has 0 aliphatic carbocycles. The van der Waals surface area contributed by atoms with E-state index in [4.69, 9.17) is 30.0 Å². The largest absolute Gasteiger partial charge is 0.470 e. The first kappa shape index (κ1) is 18.3. The molecule has 1 aliphatic heterocycles. The van der Waals surface area contributed by atoms with E-state index >= 15 is 0 Å². The van der Waals surface area contributed by atoms with Crippen LogP contribution in [0.25, 0.3) is 11.2 Å². The summed E-state index contributed by atoms with van der Waals surface area (Å²) in [5, 5.41) is 0. The van der Waals surface area contributed by atoms with E-state index in [2.05, 4.69) is 24.0 Å². The average molecular weight is 397 g/mol. The Morgan fingerprint density at radius 3 is 2.56 bits per heavy atom. The number of rotatable bonds is 6. The minimum absolute atomic E-state index is 0.0944. The van der Waals surface area contributed by atoms with Crippen molar-refractivity contribution in [3.05, 3.63) is 12.7 Å². The Kier molecular flexibility index (Phi) is 4.66. The van der Waals surface area contributed by atoms with Crippen molar-refractivity contribution in [2.24, 2.45) is 0 Å². The number of nitrogens with two attached hydrogens (primary N) is 1. The van der Waals surface area contributed by atoms with Crippen molar-refractivity contribution in [3.63, 3.8) is 0 Å². The molecule has 3 atom stereocenters. The molecular weight excluding hydrogens is 384 g/mol. The van der Waals surface area contributed by atoms with Gasteiger partial charge in [-0.15, -0.1) is 0 Å². The summed E-state index contributed by atoms with van der Waals surface area (Å²) >= 11 is 0. The van der Waals surface area contributed by atoms with Crippen LogP contribution >= 0.6 is 15.6 Å². The second-order valence-electron chi connectivity index (χ2n) is 5.00. The van der Waals surface area contributed by atoms with Gasteiger partial charge in [0, 0.05) is 0 Å². The van der Waals surface area contributed by atoms with Gasteiger partial charge in [-0.1, -0.05) is 0 Å². The fourth-order valence-corrected chi connectivity index (χ4v) is 3.19. The summed E-state index contributed by atoms with van der Waals surface area (Å²) in [6.45, 7) is -0.644. The van der Waals surface area contributed by atoms with Crippen LogP contribution in [0.15, 0.2) is 12.7 Å². The number of imidazole rings is 1. The van der Waals surface area contributed by atoms with Crippen LogP contribution in [-0.4, -0.2) is 57.9 Å². The number of nitrogens with zero attached hydrogens (tertiary/aromatic N) is 4. The SMILES string of the molecule is Nc1ncnc2c1ncn2C1OC(COP(=O)(O)O)C1OP(=O)(O)O. The van der Waals surface area contributed by atoms with Gasteiger partial charge in [0.05, 0.1) is 12.9 Å². The van der Waals surface area contributed by atoms with Gasteiger partial charge in [-0.05, 0) is 0 Å². The molecule has 25 heavy (non-hydrogen) atoms. The number of phosphoric acid groups is 2. The number of phosphoric ester groups is 2. The van der Waals surface area contributed by atoms with Gasteiger partial charge in [-0.25, -0.2) is 24.1 Å². The summed E-state index contributed by atoms with van der Waals surface area (Å²) in [5.74, 6) is 0.0944. The second kappa shape index (κ2) is 6.36. The lowest BCUT2D eigenvalue weighted by molar-refractivity contribution is -0.256. The molecule has 2 aromatic heterocycles. The van der Waals surface area contributed by atoms with E-state index in [1.165, 1.54) is 17.2 Å². The van der Waals surface area contributed by atoms with Gasteiger partial charge >= 0.3 is 15.6 Å². The molecule has 3 unspecified atom stereocenters. The highest BCUT2D eigenvalue weighted by atomic mass is 31.2. The van der Waals surface area contributed by atoms with Crippen LogP contribution in [0.4, 0.5) is 5.82 Å². The third kappa shape index (κ3) is 4.03. The molecule has 1 saturated heterocycles. The summed E-state index contributed by atoms with van der Waals surface area (Å²) in [5.41, 5.74) is 6.13. The molecule has 2 aromatic rings. The van der Waals surface area contributed by atoms with Gasteiger partial charge in [-0.3, -0.25) is 13.6 Å². The summed E-state index contributed by atoms with van der Waals surface area (Å²) in [6, 6.07) is 0. The summed E-state index contributed by atoms with van der Waals surface area (Å²) in [7, 11) is -9.71. The predicted molar refractivity (Wildman–Crippen MR) is 78.6 cm³/mol. The fraction of sp³-hybridized carbons (Fsp3) is 0.444. The Hall–Kier alpha value is -1.47. The quantitative estimate of drug-likeness (QED) is 0.366. The molecule has 3 heterocycles. The molecule has 0 saturated carbocycles. The van der Waals surface area contributed by atoms with Gasteiger partial charge in [0.2, 0.25) is 0 Å². The average Bonchev–Trinajstić information content (AvgIpc) is 2.87. The second-order valence-corrected chi connectivity index (χ2v) is 7.43. The maximum Gasteiger partial charge on any atom is 0.470 e. The van der Waals surface area contributed by atoms with E-state index in [1.807, 2.05) is 0 Å². The van der Waals surface area contributed by atoms with Crippen LogP contribution < -0.4 is 5.73 Å². The van der Waals surface area contributed by atoms with Crippen LogP contribution in [-0.2, 0) is 22.9 Å². The Bertz CT molecular complexity index is 877. The van der Waals surface area contributed by atoms with Gasteiger partial charge < -0.3 is 30.0 Å². The highest BCUT2D eigenvalue weighted by Gasteiger charge is 2.49. The fourth-order valence-electron chi connectivity index (χ4n) is 2.29. The molecule has 3 rings (SSSR count). The van der Waals surface area contributed by atoms with Crippen molar-refractivity contribution in [2.45, 2.75) is 18.4 Å². The van der Waals surface area contributed by atoms with Crippen molar-refractivity contribution in [1.29, 1.82) is 0 Å².